The van der Waals surface area contributed by atoms with E-state index < -0.39 is 16.6 Å². The van der Waals surface area contributed by atoms with E-state index in [9.17, 15) is 0 Å². The summed E-state index contributed by atoms with van der Waals surface area (Å²) in [5.41, 5.74) is 0. The summed E-state index contributed by atoms with van der Waals surface area (Å²) in [5.74, 6) is 1.01. The third-order valence-electron chi connectivity index (χ3n) is 2.75. The Labute approximate surface area is 109 Å². The second-order valence-electron chi connectivity index (χ2n) is 3.49. The molecule has 17 heavy (non-hydrogen) atoms. The number of hydrogen-bond acceptors (Lipinski definition) is 4. The summed E-state index contributed by atoms with van der Waals surface area (Å²) >= 11 is 0. The predicted molar refractivity (Wildman–Crippen MR) is 78.6 cm³/mol. The van der Waals surface area contributed by atoms with E-state index in [0.717, 1.165) is 32.1 Å². The van der Waals surface area contributed by atoms with Crippen molar-refractivity contribution < 1.29 is 9.05 Å². The first-order chi connectivity index (χ1) is 8.18. The summed E-state index contributed by atoms with van der Waals surface area (Å²) in [6.45, 7) is 12.9. The fourth-order valence-corrected chi connectivity index (χ4v) is 6.61. The highest BCUT2D eigenvalue weighted by atomic mass is 31.2. The molecule has 4 nitrogen and oxygen atoms in total. The van der Waals surface area contributed by atoms with Crippen molar-refractivity contribution in [1.82, 2.24) is 9.34 Å². The zero-order valence-electron chi connectivity index (χ0n) is 12.1. The monoisotopic (exact) mass is 282 g/mol. The maximum absolute atomic E-state index is 5.67. The quantitative estimate of drug-likeness (QED) is 0.572. The van der Waals surface area contributed by atoms with Gasteiger partial charge in [-0.2, -0.15) is 0 Å². The van der Waals surface area contributed by atoms with Crippen LogP contribution in [0.1, 0.15) is 27.7 Å². The number of hydrogen-bond donors (Lipinski definition) is 0. The fraction of sp³-hybridized carbons (Fsp3) is 1.00. The van der Waals surface area contributed by atoms with Crippen LogP contribution in [0.4, 0.5) is 0 Å². The molecule has 104 valence electrons. The van der Waals surface area contributed by atoms with Crippen molar-refractivity contribution in [3.8, 4) is 0 Å². The van der Waals surface area contributed by atoms with Crippen LogP contribution in [0.25, 0.3) is 0 Å². The Morgan fingerprint density at radius 1 is 0.706 bits per heavy atom. The van der Waals surface area contributed by atoms with E-state index in [-0.39, 0.29) is 0 Å². The largest absolute Gasteiger partial charge is 0.346 e. The second kappa shape index (κ2) is 10.6. The zero-order valence-corrected chi connectivity index (χ0v) is 13.9. The smallest absolute Gasteiger partial charge is 0.111 e. The summed E-state index contributed by atoms with van der Waals surface area (Å²) < 4.78 is 16.1. The Morgan fingerprint density at radius 2 is 1.00 bits per heavy atom. The minimum Gasteiger partial charge on any atom is -0.346 e. The topological polar surface area (TPSA) is 24.9 Å². The maximum Gasteiger partial charge on any atom is 0.111 e. The molecular weight excluding hydrogens is 254 g/mol. The summed E-state index contributed by atoms with van der Waals surface area (Å²) in [4.78, 5) is 0. The molecule has 0 spiro atoms. The molecule has 0 aromatic rings. The van der Waals surface area contributed by atoms with Gasteiger partial charge in [-0.25, -0.2) is 0 Å². The van der Waals surface area contributed by atoms with Crippen LogP contribution in [0, 0.1) is 0 Å². The van der Waals surface area contributed by atoms with Crippen molar-refractivity contribution in [2.75, 3.05) is 46.3 Å². The molecule has 2 unspecified atom stereocenters. The minimum atomic E-state index is -0.516. The average molecular weight is 282 g/mol. The van der Waals surface area contributed by atoms with Gasteiger partial charge in [-0.15, -0.1) is 0 Å². The van der Waals surface area contributed by atoms with Gasteiger partial charge < -0.3 is 9.05 Å². The van der Waals surface area contributed by atoms with Gasteiger partial charge in [0, 0.05) is 40.4 Å². The van der Waals surface area contributed by atoms with Gasteiger partial charge >= 0.3 is 0 Å². The van der Waals surface area contributed by atoms with E-state index in [0.29, 0.717) is 0 Å². The lowest BCUT2D eigenvalue weighted by molar-refractivity contribution is 0.370. The van der Waals surface area contributed by atoms with Gasteiger partial charge in [0.2, 0.25) is 0 Å². The summed E-state index contributed by atoms with van der Waals surface area (Å²) in [5, 5.41) is 0. The summed E-state index contributed by atoms with van der Waals surface area (Å²) in [6, 6.07) is 0. The highest BCUT2D eigenvalue weighted by Crippen LogP contribution is 2.55. The van der Waals surface area contributed by atoms with Gasteiger partial charge in [0.15, 0.2) is 0 Å². The standard InChI is InChI=1S/C11H28N2O2P2/c1-7-12(8-2)16(14-5)11-17(15-6)13(9-3)10-4/h7-11H2,1-6H3. The summed E-state index contributed by atoms with van der Waals surface area (Å²) in [7, 11) is 2.60. The lowest BCUT2D eigenvalue weighted by atomic mass is 10.7. The molecule has 0 aliphatic rings. The van der Waals surface area contributed by atoms with E-state index >= 15 is 0 Å². The van der Waals surface area contributed by atoms with Crippen LogP contribution in [0.2, 0.25) is 0 Å². The summed E-state index contributed by atoms with van der Waals surface area (Å²) in [6.07, 6.45) is 0. The average Bonchev–Trinajstić information content (AvgIpc) is 2.37. The molecule has 0 bridgehead atoms. The molecule has 0 aliphatic carbocycles. The molecule has 0 radical (unpaired) electrons. The number of rotatable bonds is 10. The van der Waals surface area contributed by atoms with Crippen molar-refractivity contribution >= 4 is 16.6 Å². The lowest BCUT2D eigenvalue weighted by Crippen LogP contribution is -2.23. The second-order valence-corrected chi connectivity index (χ2v) is 7.89. The van der Waals surface area contributed by atoms with Crippen molar-refractivity contribution in [3.63, 3.8) is 0 Å². The highest BCUT2D eigenvalue weighted by molar-refractivity contribution is 7.67. The minimum absolute atomic E-state index is 0.516. The van der Waals surface area contributed by atoms with Crippen LogP contribution in [-0.2, 0) is 9.05 Å². The molecule has 0 amide bonds. The number of nitrogens with zero attached hydrogens (tertiary/aromatic N) is 2. The molecule has 0 fully saturated rings. The molecule has 0 aromatic heterocycles. The van der Waals surface area contributed by atoms with Crippen LogP contribution >= 0.6 is 16.6 Å². The van der Waals surface area contributed by atoms with Crippen molar-refractivity contribution in [3.05, 3.63) is 0 Å². The van der Waals surface area contributed by atoms with E-state index in [1.807, 2.05) is 14.2 Å². The maximum atomic E-state index is 5.67. The van der Waals surface area contributed by atoms with Crippen LogP contribution in [0.15, 0.2) is 0 Å². The van der Waals surface area contributed by atoms with Gasteiger partial charge in [0.1, 0.15) is 16.6 Å². The molecule has 2 atom stereocenters. The molecule has 0 aliphatic heterocycles. The van der Waals surface area contributed by atoms with Gasteiger partial charge in [0.25, 0.3) is 0 Å². The van der Waals surface area contributed by atoms with Crippen molar-refractivity contribution in [1.29, 1.82) is 0 Å². The van der Waals surface area contributed by atoms with Crippen LogP contribution in [0.3, 0.4) is 0 Å². The Morgan fingerprint density at radius 3 is 1.18 bits per heavy atom. The predicted octanol–water partition coefficient (Wildman–Crippen LogP) is 3.54. The van der Waals surface area contributed by atoms with E-state index in [1.54, 1.807) is 0 Å². The third kappa shape index (κ3) is 5.92. The first-order valence-electron chi connectivity index (χ1n) is 6.31. The molecule has 0 aromatic carbocycles. The zero-order chi connectivity index (χ0) is 13.3. The molecule has 0 saturated heterocycles. The normalized spacial score (nSPS) is 15.5. The molecular formula is C11H28N2O2P2. The molecule has 0 heterocycles. The van der Waals surface area contributed by atoms with Gasteiger partial charge in [-0.1, -0.05) is 27.7 Å². The van der Waals surface area contributed by atoms with Gasteiger partial charge in [-0.3, -0.25) is 9.34 Å². The van der Waals surface area contributed by atoms with Gasteiger partial charge in [-0.05, 0) is 0 Å². The van der Waals surface area contributed by atoms with E-state index in [2.05, 4.69) is 37.0 Å². The van der Waals surface area contributed by atoms with E-state index in [4.69, 9.17) is 9.05 Å². The van der Waals surface area contributed by atoms with E-state index in [1.165, 1.54) is 0 Å². The molecule has 6 heteroatoms. The van der Waals surface area contributed by atoms with Crippen molar-refractivity contribution in [2.45, 2.75) is 27.7 Å². The van der Waals surface area contributed by atoms with Crippen LogP contribution in [0.5, 0.6) is 0 Å². The SMILES string of the molecule is CCN(CC)P(CP(OC)N(CC)CC)OC. The lowest BCUT2D eigenvalue weighted by Gasteiger charge is -2.33. The molecule has 0 saturated carbocycles. The first-order valence-corrected chi connectivity index (χ1v) is 9.10. The van der Waals surface area contributed by atoms with Crippen LogP contribution < -0.4 is 0 Å². The molecule has 0 N–H and O–H groups in total. The Bertz CT molecular complexity index is 161. The first kappa shape index (κ1) is 17.7. The van der Waals surface area contributed by atoms with Crippen molar-refractivity contribution in [2.24, 2.45) is 0 Å². The third-order valence-corrected chi connectivity index (χ3v) is 7.93. The Kier molecular flexibility index (Phi) is 11.0. The Hall–Kier alpha value is 0.700. The Balaban J connectivity index is 4.49. The highest BCUT2D eigenvalue weighted by Gasteiger charge is 2.24. The van der Waals surface area contributed by atoms with Gasteiger partial charge in [0.05, 0.1) is 5.90 Å². The molecule has 0 rings (SSSR count). The fourth-order valence-electron chi connectivity index (χ4n) is 1.71. The van der Waals surface area contributed by atoms with Crippen LogP contribution in [-0.4, -0.2) is 55.6 Å².